The van der Waals surface area contributed by atoms with Crippen LogP contribution >= 0.6 is 24.0 Å². The van der Waals surface area contributed by atoms with Crippen LogP contribution in [0.5, 0.6) is 0 Å². The van der Waals surface area contributed by atoms with Gasteiger partial charge in [0, 0.05) is 19.3 Å². The number of nitrogens with zero attached hydrogens (tertiary/aromatic N) is 3. The van der Waals surface area contributed by atoms with Gasteiger partial charge < -0.3 is 10.4 Å². The number of benzene rings is 2. The van der Waals surface area contributed by atoms with Gasteiger partial charge in [0.15, 0.2) is 0 Å². The number of thiocarbonyl (C=S) groups is 1. The van der Waals surface area contributed by atoms with Crippen molar-refractivity contribution in [2.75, 3.05) is 18.4 Å². The molecule has 2 N–H and O–H groups in total. The molecule has 1 aliphatic rings. The summed E-state index contributed by atoms with van der Waals surface area (Å²) < 4.78 is 1.89. The first-order valence-electron chi connectivity index (χ1n) is 11.8. The van der Waals surface area contributed by atoms with E-state index in [4.69, 9.17) is 12.2 Å². The van der Waals surface area contributed by atoms with Crippen molar-refractivity contribution in [3.63, 3.8) is 0 Å². The minimum absolute atomic E-state index is 0.137. The zero-order chi connectivity index (χ0) is 25.8. The molecule has 1 atom stereocenters. The molecule has 9 heteroatoms. The summed E-state index contributed by atoms with van der Waals surface area (Å²) >= 11 is 6.66. The number of hydrogen-bond donors (Lipinski definition) is 2. The molecule has 1 unspecified atom stereocenters. The maximum atomic E-state index is 13.4. The maximum absolute atomic E-state index is 13.4. The standard InChI is InChI=1S/C28H24N4O3S2/c33-22(20-11-5-2-6-12-20)18-29-25-21(26(34)31-15-8-7-13-24(31)30-25)17-23-27(35)32(28(36)37-23)16-14-19-9-3-1-4-10-19/h1-13,15,17,22,29,33H,14,16,18H2/b23-17-. The fourth-order valence-corrected chi connectivity index (χ4v) is 5.35. The number of aliphatic hydroxyl groups is 1. The monoisotopic (exact) mass is 528 g/mol. The first-order chi connectivity index (χ1) is 18.0. The molecule has 7 nitrogen and oxygen atoms in total. The molecule has 5 rings (SSSR count). The fraction of sp³-hybridized carbons (Fsp3) is 0.143. The summed E-state index contributed by atoms with van der Waals surface area (Å²) in [5.41, 5.74) is 2.22. The minimum Gasteiger partial charge on any atom is -0.387 e. The fourth-order valence-electron chi connectivity index (χ4n) is 4.06. The van der Waals surface area contributed by atoms with Crippen LogP contribution in [0.1, 0.15) is 22.8 Å². The van der Waals surface area contributed by atoms with E-state index < -0.39 is 6.10 Å². The van der Waals surface area contributed by atoms with Crippen molar-refractivity contribution >= 4 is 51.7 Å². The number of aromatic nitrogens is 2. The summed E-state index contributed by atoms with van der Waals surface area (Å²) in [6, 6.07) is 24.4. The average Bonchev–Trinajstić information content (AvgIpc) is 3.20. The van der Waals surface area contributed by atoms with Gasteiger partial charge in [0.25, 0.3) is 11.5 Å². The van der Waals surface area contributed by atoms with Crippen molar-refractivity contribution in [2.45, 2.75) is 12.5 Å². The second-order valence-electron chi connectivity index (χ2n) is 8.48. The molecule has 0 radical (unpaired) electrons. The van der Waals surface area contributed by atoms with Crippen molar-refractivity contribution in [3.8, 4) is 0 Å². The highest BCUT2D eigenvalue weighted by atomic mass is 32.2. The third kappa shape index (κ3) is 5.48. The predicted octanol–water partition coefficient (Wildman–Crippen LogP) is 4.28. The van der Waals surface area contributed by atoms with Gasteiger partial charge in [0.2, 0.25) is 0 Å². The summed E-state index contributed by atoms with van der Waals surface area (Å²) in [4.78, 5) is 33.2. The number of aliphatic hydroxyl groups excluding tert-OH is 1. The molecule has 2 aromatic carbocycles. The third-order valence-corrected chi connectivity index (χ3v) is 7.41. The molecule has 3 heterocycles. The summed E-state index contributed by atoms with van der Waals surface area (Å²) in [5, 5.41) is 13.7. The third-order valence-electron chi connectivity index (χ3n) is 6.03. The van der Waals surface area contributed by atoms with Crippen LogP contribution in [0.15, 0.2) is 94.8 Å². The molecular formula is C28H24N4O3S2. The molecular weight excluding hydrogens is 504 g/mol. The van der Waals surface area contributed by atoms with Crippen LogP contribution in [0, 0.1) is 0 Å². The molecule has 2 aromatic heterocycles. The average molecular weight is 529 g/mol. The molecule has 1 aliphatic heterocycles. The van der Waals surface area contributed by atoms with Crippen molar-refractivity contribution in [2.24, 2.45) is 0 Å². The van der Waals surface area contributed by atoms with Gasteiger partial charge in [-0.05, 0) is 35.8 Å². The van der Waals surface area contributed by atoms with Crippen LogP contribution < -0.4 is 10.9 Å². The molecule has 0 saturated carbocycles. The SMILES string of the molecule is O=C1/C(=C/c2c(NCC(O)c3ccccc3)nc3ccccn3c2=O)SC(=S)N1CCc1ccccc1. The zero-order valence-corrected chi connectivity index (χ0v) is 21.4. The Balaban J connectivity index is 1.44. The van der Waals surface area contributed by atoms with E-state index in [0.717, 1.165) is 11.1 Å². The number of anilines is 1. The van der Waals surface area contributed by atoms with Gasteiger partial charge in [-0.15, -0.1) is 0 Å². The van der Waals surface area contributed by atoms with E-state index in [1.165, 1.54) is 16.2 Å². The van der Waals surface area contributed by atoms with Gasteiger partial charge in [-0.1, -0.05) is 90.7 Å². The van der Waals surface area contributed by atoms with Crippen LogP contribution in [-0.4, -0.2) is 42.7 Å². The second kappa shape index (κ2) is 11.1. The quantitative estimate of drug-likeness (QED) is 0.261. The Hall–Kier alpha value is -3.79. The van der Waals surface area contributed by atoms with Crippen LogP contribution in [-0.2, 0) is 11.2 Å². The number of carbonyl (C=O) groups is 1. The molecule has 1 amide bonds. The number of nitrogens with one attached hydrogen (secondary N) is 1. The predicted molar refractivity (Wildman–Crippen MR) is 151 cm³/mol. The van der Waals surface area contributed by atoms with Gasteiger partial charge in [0.05, 0.1) is 16.6 Å². The molecule has 1 fully saturated rings. The van der Waals surface area contributed by atoms with Gasteiger partial charge in [-0.2, -0.15) is 0 Å². The lowest BCUT2D eigenvalue weighted by Gasteiger charge is -2.15. The second-order valence-corrected chi connectivity index (χ2v) is 10.2. The van der Waals surface area contributed by atoms with Crippen molar-refractivity contribution in [1.82, 2.24) is 14.3 Å². The van der Waals surface area contributed by atoms with Crippen molar-refractivity contribution < 1.29 is 9.90 Å². The summed E-state index contributed by atoms with van der Waals surface area (Å²) in [5.74, 6) is 0.0551. The van der Waals surface area contributed by atoms with Crippen LogP contribution in [0.3, 0.4) is 0 Å². The summed E-state index contributed by atoms with van der Waals surface area (Å²) in [6.07, 6.45) is 3.05. The van der Waals surface area contributed by atoms with E-state index in [-0.39, 0.29) is 23.6 Å². The van der Waals surface area contributed by atoms with Crippen LogP contribution in [0.2, 0.25) is 0 Å². The van der Waals surface area contributed by atoms with E-state index in [0.29, 0.717) is 33.7 Å². The molecule has 1 saturated heterocycles. The Bertz CT molecular complexity index is 1540. The Morgan fingerprint density at radius 3 is 2.46 bits per heavy atom. The molecule has 37 heavy (non-hydrogen) atoms. The maximum Gasteiger partial charge on any atom is 0.267 e. The Morgan fingerprint density at radius 2 is 1.70 bits per heavy atom. The topological polar surface area (TPSA) is 86.9 Å². The highest BCUT2D eigenvalue weighted by Gasteiger charge is 2.32. The highest BCUT2D eigenvalue weighted by molar-refractivity contribution is 8.26. The Kier molecular flexibility index (Phi) is 7.45. The van der Waals surface area contributed by atoms with E-state index in [1.807, 2.05) is 60.7 Å². The van der Waals surface area contributed by atoms with E-state index in [9.17, 15) is 14.7 Å². The lowest BCUT2D eigenvalue weighted by atomic mass is 10.1. The minimum atomic E-state index is -0.804. The number of carbonyl (C=O) groups excluding carboxylic acids is 1. The largest absolute Gasteiger partial charge is 0.387 e. The van der Waals surface area contributed by atoms with Crippen LogP contribution in [0.4, 0.5) is 5.82 Å². The number of pyridine rings is 1. The molecule has 0 bridgehead atoms. The number of hydrogen-bond acceptors (Lipinski definition) is 7. The lowest BCUT2D eigenvalue weighted by Crippen LogP contribution is -2.30. The molecule has 4 aromatic rings. The number of rotatable bonds is 8. The Morgan fingerprint density at radius 1 is 1.00 bits per heavy atom. The summed E-state index contributed by atoms with van der Waals surface area (Å²) in [7, 11) is 0. The van der Waals surface area contributed by atoms with Crippen molar-refractivity contribution in [1.29, 1.82) is 0 Å². The zero-order valence-electron chi connectivity index (χ0n) is 19.8. The summed E-state index contributed by atoms with van der Waals surface area (Å²) in [6.45, 7) is 0.591. The lowest BCUT2D eigenvalue weighted by molar-refractivity contribution is -0.122. The van der Waals surface area contributed by atoms with Gasteiger partial charge in [-0.3, -0.25) is 18.9 Å². The van der Waals surface area contributed by atoms with Gasteiger partial charge in [0.1, 0.15) is 15.8 Å². The molecule has 0 spiro atoms. The number of thioether (sulfide) groups is 1. The smallest absolute Gasteiger partial charge is 0.267 e. The first kappa shape index (κ1) is 24.9. The first-order valence-corrected chi connectivity index (χ1v) is 13.0. The van der Waals surface area contributed by atoms with E-state index in [2.05, 4.69) is 10.3 Å². The van der Waals surface area contributed by atoms with Gasteiger partial charge in [-0.25, -0.2) is 4.98 Å². The van der Waals surface area contributed by atoms with Crippen molar-refractivity contribution in [3.05, 3.63) is 117 Å². The van der Waals surface area contributed by atoms with E-state index in [1.54, 1.807) is 35.4 Å². The highest BCUT2D eigenvalue weighted by Crippen LogP contribution is 2.33. The molecule has 186 valence electrons. The number of fused-ring (bicyclic) bond motifs is 1. The normalized spacial score (nSPS) is 15.5. The number of amides is 1. The van der Waals surface area contributed by atoms with E-state index >= 15 is 0 Å². The van der Waals surface area contributed by atoms with Crippen LogP contribution in [0.25, 0.3) is 11.7 Å². The molecule has 0 aliphatic carbocycles. The van der Waals surface area contributed by atoms with Gasteiger partial charge >= 0.3 is 0 Å². The Labute approximate surface area is 223 Å².